The second kappa shape index (κ2) is 32.3. The van der Waals surface area contributed by atoms with Crippen molar-refractivity contribution in [3.8, 4) is 15.4 Å². The first kappa shape index (κ1) is 66.0. The van der Waals surface area contributed by atoms with Gasteiger partial charge in [-0.3, -0.25) is 38.3 Å². The van der Waals surface area contributed by atoms with Gasteiger partial charge in [0.1, 0.15) is 48.3 Å². The molecule has 4 atom stereocenters. The molecule has 460 valence electrons. The number of rotatable bonds is 32. The molecule has 2 aromatic carbocycles. The first-order valence-electron chi connectivity index (χ1n) is 28.2. The minimum absolute atomic E-state index is 0.0285. The van der Waals surface area contributed by atoms with Crippen LogP contribution >= 0.6 is 34.3 Å². The fourth-order valence-corrected chi connectivity index (χ4v) is 11.6. The molecule has 26 heteroatoms. The molecule has 0 saturated carbocycles. The number of amides is 4. The largest absolute Gasteiger partial charge is 0.463 e. The molecule has 7 rings (SSSR count). The van der Waals surface area contributed by atoms with Crippen molar-refractivity contribution in [2.75, 3.05) is 92.4 Å². The van der Waals surface area contributed by atoms with Gasteiger partial charge in [0.05, 0.1) is 114 Å². The molecule has 0 bridgehead atoms. The SMILES string of the molecule is Cc1ncsc1-c1ccc(CNC(=O)[C@@H]2C[C@@H](OC(=O)CCC(=O)OCCOCCOCCO)CN2C(=O)[C@@H](NC(=O)COCCOCCOCCNC(=O)C[C@@H]2N=C(c3ccc(Cl)cc3)c3c(sc(C)c3C)-n3c(C)nnc32)C(C)(C)C)cc1. The summed E-state index contributed by atoms with van der Waals surface area (Å²) in [5.41, 5.74) is 7.38. The summed E-state index contributed by atoms with van der Waals surface area (Å²) in [4.78, 5) is 93.8. The van der Waals surface area contributed by atoms with E-state index in [1.807, 2.05) is 66.9 Å². The molecule has 0 spiro atoms. The quantitative estimate of drug-likeness (QED) is 0.0306. The highest BCUT2D eigenvalue weighted by molar-refractivity contribution is 7.15. The number of thiophene rings is 1. The number of aliphatic hydroxyl groups is 1. The van der Waals surface area contributed by atoms with Gasteiger partial charge in [-0.1, -0.05) is 68.8 Å². The average molecular weight is 1230 g/mol. The van der Waals surface area contributed by atoms with Gasteiger partial charge in [-0.15, -0.1) is 32.9 Å². The van der Waals surface area contributed by atoms with Crippen LogP contribution in [0.15, 0.2) is 59.0 Å². The number of aryl methyl sites for hydroxylation is 3. The van der Waals surface area contributed by atoms with E-state index in [1.54, 1.807) is 37.6 Å². The number of thiazole rings is 1. The average Bonchev–Trinajstić information content (AvgIpc) is 2.88. The number of hydrogen-bond acceptors (Lipinski definition) is 20. The van der Waals surface area contributed by atoms with Gasteiger partial charge in [0.15, 0.2) is 5.82 Å². The third-order valence-electron chi connectivity index (χ3n) is 13.9. The molecule has 0 radical (unpaired) electrons. The highest BCUT2D eigenvalue weighted by atomic mass is 35.5. The zero-order chi connectivity index (χ0) is 61.0. The highest BCUT2D eigenvalue weighted by Crippen LogP contribution is 2.40. The molecule has 0 aliphatic carbocycles. The lowest BCUT2D eigenvalue weighted by Crippen LogP contribution is -2.58. The van der Waals surface area contributed by atoms with E-state index in [2.05, 4.69) is 45.0 Å². The summed E-state index contributed by atoms with van der Waals surface area (Å²) >= 11 is 9.42. The predicted molar refractivity (Wildman–Crippen MR) is 318 cm³/mol. The van der Waals surface area contributed by atoms with Crippen molar-refractivity contribution in [1.82, 2.24) is 40.6 Å². The molecule has 4 N–H and O–H groups in total. The van der Waals surface area contributed by atoms with Crippen molar-refractivity contribution in [1.29, 1.82) is 0 Å². The second-order valence-electron chi connectivity index (χ2n) is 21.3. The molecule has 1 saturated heterocycles. The van der Waals surface area contributed by atoms with Crippen LogP contribution in [0.5, 0.6) is 0 Å². The van der Waals surface area contributed by atoms with Gasteiger partial charge in [-0.2, -0.15) is 0 Å². The van der Waals surface area contributed by atoms with Crippen LogP contribution in [0.3, 0.4) is 0 Å². The Balaban J connectivity index is 0.839. The highest BCUT2D eigenvalue weighted by Gasteiger charge is 2.46. The number of nitrogens with zero attached hydrogens (tertiary/aromatic N) is 6. The monoisotopic (exact) mass is 1230 g/mol. The molecule has 3 aromatic heterocycles. The number of carbonyl (C=O) groups excluding carboxylic acids is 6. The van der Waals surface area contributed by atoms with E-state index in [1.165, 1.54) is 16.2 Å². The minimum atomic E-state index is -1.12. The summed E-state index contributed by atoms with van der Waals surface area (Å²) in [6.45, 7) is 14.8. The Bertz CT molecular complexity index is 3090. The summed E-state index contributed by atoms with van der Waals surface area (Å²) < 4.78 is 40.3. The summed E-state index contributed by atoms with van der Waals surface area (Å²) in [7, 11) is 0. The maximum Gasteiger partial charge on any atom is 0.306 e. The number of likely N-dealkylation sites (tertiary alicyclic amines) is 1. The molecule has 5 heterocycles. The van der Waals surface area contributed by atoms with E-state index in [0.717, 1.165) is 54.0 Å². The van der Waals surface area contributed by atoms with Crippen LogP contribution < -0.4 is 16.0 Å². The third-order valence-corrected chi connectivity index (χ3v) is 16.3. The van der Waals surface area contributed by atoms with Crippen LogP contribution in [0.25, 0.3) is 15.4 Å². The minimum Gasteiger partial charge on any atom is -0.463 e. The standard InChI is InChI=1S/C59H76ClN9O14S2/c1-36-38(3)85-58-51(36)52(41-12-14-43(60)15-13-41)64-45(55-67-66-39(4)69(55)58)31-47(71)61-18-20-77-22-24-79-26-27-81-34-48(72)65-54(59(5,6)7)57(76)68-33-44(83-50(74)17-16-49(73)82-29-28-80-25-23-78-21-19-70)30-46(68)56(75)62-32-40-8-10-42(11-9-40)53-37(2)63-35-84-53/h8-15,35,44-46,54,70H,16-34H2,1-7H3,(H,61,71)(H,62,75)(H,65,72)/t44-,45+,46+,54-/m1/s1. The van der Waals surface area contributed by atoms with Crippen LogP contribution in [0.4, 0.5) is 0 Å². The number of carbonyl (C=O) groups is 6. The predicted octanol–water partition coefficient (Wildman–Crippen LogP) is 5.50. The van der Waals surface area contributed by atoms with Crippen LogP contribution in [0.2, 0.25) is 5.02 Å². The number of aliphatic hydroxyl groups excluding tert-OH is 1. The lowest BCUT2D eigenvalue weighted by molar-refractivity contribution is -0.154. The first-order chi connectivity index (χ1) is 40.8. The molecular weight excluding hydrogens is 1160 g/mol. The summed E-state index contributed by atoms with van der Waals surface area (Å²) in [6, 6.07) is 12.4. The molecule has 2 aliphatic heterocycles. The topological polar surface area (TPSA) is 283 Å². The van der Waals surface area contributed by atoms with Crippen molar-refractivity contribution in [3.63, 3.8) is 0 Å². The van der Waals surface area contributed by atoms with Gasteiger partial charge in [0, 0.05) is 40.5 Å². The van der Waals surface area contributed by atoms with Crippen LogP contribution in [0.1, 0.15) is 97.0 Å². The van der Waals surface area contributed by atoms with E-state index in [4.69, 9.17) is 54.9 Å². The van der Waals surface area contributed by atoms with Gasteiger partial charge in [0.25, 0.3) is 0 Å². The van der Waals surface area contributed by atoms with E-state index in [-0.39, 0.29) is 131 Å². The molecule has 1 fully saturated rings. The summed E-state index contributed by atoms with van der Waals surface area (Å²) in [5.74, 6) is -1.91. The van der Waals surface area contributed by atoms with Crippen molar-refractivity contribution >= 4 is 75.6 Å². The lowest BCUT2D eigenvalue weighted by atomic mass is 9.85. The Kier molecular flexibility index (Phi) is 25.0. The molecule has 4 amide bonds. The Labute approximate surface area is 507 Å². The number of halogens is 1. The molecule has 23 nitrogen and oxygen atoms in total. The zero-order valence-electron chi connectivity index (χ0n) is 49.1. The molecule has 0 unspecified atom stereocenters. The van der Waals surface area contributed by atoms with Crippen molar-refractivity contribution in [3.05, 3.63) is 104 Å². The summed E-state index contributed by atoms with van der Waals surface area (Å²) in [6.07, 6.45) is -1.45. The van der Waals surface area contributed by atoms with Gasteiger partial charge in [-0.05, 0) is 61.9 Å². The number of esters is 2. The second-order valence-corrected chi connectivity index (χ2v) is 23.8. The van der Waals surface area contributed by atoms with Gasteiger partial charge >= 0.3 is 11.9 Å². The number of fused-ring (bicyclic) bond motifs is 3. The maximum atomic E-state index is 14.6. The van der Waals surface area contributed by atoms with E-state index in [9.17, 15) is 28.8 Å². The smallest absolute Gasteiger partial charge is 0.306 e. The fraction of sp³-hybridized carbons (Fsp3) is 0.525. The fourth-order valence-electron chi connectivity index (χ4n) is 9.42. The Morgan fingerprint density at radius 2 is 1.42 bits per heavy atom. The molecule has 85 heavy (non-hydrogen) atoms. The zero-order valence-corrected chi connectivity index (χ0v) is 51.5. The van der Waals surface area contributed by atoms with Gasteiger partial charge in [0.2, 0.25) is 23.6 Å². The number of ether oxygens (including phenoxy) is 7. The van der Waals surface area contributed by atoms with Gasteiger partial charge < -0.3 is 59.1 Å². The molecule has 2 aliphatic rings. The number of nitrogens with one attached hydrogen (secondary N) is 3. The Morgan fingerprint density at radius 3 is 2.09 bits per heavy atom. The number of hydrogen-bond donors (Lipinski definition) is 4. The summed E-state index contributed by atoms with van der Waals surface area (Å²) in [5, 5.41) is 27.8. The van der Waals surface area contributed by atoms with E-state index in [0.29, 0.717) is 16.7 Å². The molecular formula is C59H76ClN9O14S2. The number of benzene rings is 2. The van der Waals surface area contributed by atoms with Crippen LogP contribution in [-0.4, -0.2) is 182 Å². The maximum absolute atomic E-state index is 14.6. The number of aliphatic imine (C=N–C) groups is 1. The van der Waals surface area contributed by atoms with E-state index >= 15 is 0 Å². The Hall–Kier alpha value is -6.55. The van der Waals surface area contributed by atoms with Gasteiger partial charge in [-0.25, -0.2) is 4.98 Å². The normalized spacial score (nSPS) is 16.0. The van der Waals surface area contributed by atoms with Crippen LogP contribution in [-0.2, 0) is 68.5 Å². The molecule has 5 aromatic rings. The van der Waals surface area contributed by atoms with Crippen LogP contribution in [0, 0.1) is 33.1 Å². The van der Waals surface area contributed by atoms with Crippen molar-refractivity contribution < 1.29 is 67.0 Å². The Morgan fingerprint density at radius 1 is 0.776 bits per heavy atom. The van der Waals surface area contributed by atoms with Crippen molar-refractivity contribution in [2.45, 2.75) is 105 Å². The third kappa shape index (κ3) is 19.0. The first-order valence-corrected chi connectivity index (χ1v) is 30.2. The number of aromatic nitrogens is 4. The lowest BCUT2D eigenvalue weighted by Gasteiger charge is -2.35. The van der Waals surface area contributed by atoms with E-state index < -0.39 is 59.3 Å². The van der Waals surface area contributed by atoms with Crippen molar-refractivity contribution in [2.24, 2.45) is 10.4 Å².